The predicted octanol–water partition coefficient (Wildman–Crippen LogP) is 0.272. The molecule has 1 saturated heterocycles. The normalized spacial score (nSPS) is 20.6. The van der Waals surface area contributed by atoms with Crippen molar-refractivity contribution in [2.24, 2.45) is 0 Å². The minimum Gasteiger partial charge on any atom is -0.459 e. The first-order valence-electron chi connectivity index (χ1n) is 6.14. The highest BCUT2D eigenvalue weighted by Gasteiger charge is 2.64. The standard InChI is InChI=1S/C11H17F3N2O4S/c1-3-8-20-9(17)10(2,16-6-4-15-5-7-16)21(18,19)11(12,13)14/h3,15H,1,4-8H2,2H3. The SMILES string of the molecule is C=CCOC(=O)C(C)(N1CCNCC1)S(=O)(=O)C(F)(F)F. The van der Waals surface area contributed by atoms with Crippen molar-refractivity contribution in [1.82, 2.24) is 10.2 Å². The number of nitrogens with zero attached hydrogens (tertiary/aromatic N) is 1. The fraction of sp³-hybridized carbons (Fsp3) is 0.727. The summed E-state index contributed by atoms with van der Waals surface area (Å²) in [5.74, 6) is -1.46. The molecule has 0 spiro atoms. The van der Waals surface area contributed by atoms with Gasteiger partial charge in [0.15, 0.2) is 0 Å². The number of halogens is 3. The third-order valence-corrected chi connectivity index (χ3v) is 5.34. The van der Waals surface area contributed by atoms with E-state index in [4.69, 9.17) is 0 Å². The molecule has 1 aliphatic rings. The second kappa shape index (κ2) is 6.32. The van der Waals surface area contributed by atoms with Crippen molar-refractivity contribution in [2.75, 3.05) is 32.8 Å². The van der Waals surface area contributed by atoms with E-state index in [0.717, 1.165) is 17.9 Å². The number of nitrogens with one attached hydrogen (secondary N) is 1. The van der Waals surface area contributed by atoms with E-state index < -0.39 is 26.2 Å². The predicted molar refractivity (Wildman–Crippen MR) is 69.0 cm³/mol. The Hall–Kier alpha value is -1.13. The van der Waals surface area contributed by atoms with E-state index in [2.05, 4.69) is 16.6 Å². The van der Waals surface area contributed by atoms with Crippen LogP contribution in [0.1, 0.15) is 6.92 Å². The molecule has 21 heavy (non-hydrogen) atoms. The molecule has 0 saturated carbocycles. The van der Waals surface area contributed by atoms with Gasteiger partial charge in [0, 0.05) is 26.2 Å². The Labute approximate surface area is 120 Å². The van der Waals surface area contributed by atoms with Gasteiger partial charge in [-0.15, -0.1) is 0 Å². The average Bonchev–Trinajstić information content (AvgIpc) is 2.43. The molecule has 0 aromatic carbocycles. The van der Waals surface area contributed by atoms with Crippen LogP contribution in [0, 0.1) is 0 Å². The molecule has 0 radical (unpaired) electrons. The first-order chi connectivity index (χ1) is 9.59. The maximum Gasteiger partial charge on any atom is 0.499 e. The Morgan fingerprint density at radius 2 is 1.90 bits per heavy atom. The van der Waals surface area contributed by atoms with Gasteiger partial charge in [0.1, 0.15) is 6.61 Å². The van der Waals surface area contributed by atoms with Crippen LogP contribution in [-0.4, -0.2) is 62.5 Å². The third kappa shape index (κ3) is 3.22. The van der Waals surface area contributed by atoms with Crippen LogP contribution in [-0.2, 0) is 19.4 Å². The van der Waals surface area contributed by atoms with Crippen LogP contribution < -0.4 is 5.32 Å². The lowest BCUT2D eigenvalue weighted by Gasteiger charge is -2.40. The molecule has 1 aliphatic heterocycles. The molecule has 122 valence electrons. The van der Waals surface area contributed by atoms with Gasteiger partial charge in [0.2, 0.25) is 4.87 Å². The lowest BCUT2D eigenvalue weighted by molar-refractivity contribution is -0.152. The van der Waals surface area contributed by atoms with Crippen molar-refractivity contribution in [3.63, 3.8) is 0 Å². The van der Waals surface area contributed by atoms with E-state index in [0.29, 0.717) is 0 Å². The van der Waals surface area contributed by atoms with E-state index in [1.165, 1.54) is 0 Å². The number of sulfone groups is 1. The topological polar surface area (TPSA) is 75.7 Å². The third-order valence-electron chi connectivity index (χ3n) is 3.26. The van der Waals surface area contributed by atoms with Gasteiger partial charge in [-0.25, -0.2) is 13.2 Å². The van der Waals surface area contributed by atoms with Crippen molar-refractivity contribution in [3.05, 3.63) is 12.7 Å². The molecule has 1 unspecified atom stereocenters. The van der Waals surface area contributed by atoms with Gasteiger partial charge in [0.05, 0.1) is 0 Å². The van der Waals surface area contributed by atoms with Crippen molar-refractivity contribution >= 4 is 15.8 Å². The van der Waals surface area contributed by atoms with Crippen molar-refractivity contribution in [1.29, 1.82) is 0 Å². The van der Waals surface area contributed by atoms with Gasteiger partial charge < -0.3 is 10.1 Å². The van der Waals surface area contributed by atoms with Crippen molar-refractivity contribution < 1.29 is 31.1 Å². The Balaban J connectivity index is 3.28. The Kier molecular flexibility index (Phi) is 5.40. The number of ether oxygens (including phenoxy) is 1. The maximum atomic E-state index is 12.9. The second-order valence-electron chi connectivity index (χ2n) is 4.56. The minimum absolute atomic E-state index is 0.0188. The number of alkyl halides is 3. The van der Waals surface area contributed by atoms with E-state index in [-0.39, 0.29) is 32.8 Å². The van der Waals surface area contributed by atoms with E-state index >= 15 is 0 Å². The maximum absolute atomic E-state index is 12.9. The zero-order valence-corrected chi connectivity index (χ0v) is 12.3. The first kappa shape index (κ1) is 17.9. The van der Waals surface area contributed by atoms with Crippen LogP contribution in [0.5, 0.6) is 0 Å². The zero-order valence-electron chi connectivity index (χ0n) is 11.4. The van der Waals surface area contributed by atoms with Crippen molar-refractivity contribution in [2.45, 2.75) is 17.3 Å². The lowest BCUT2D eigenvalue weighted by Crippen LogP contribution is -2.65. The molecule has 1 heterocycles. The number of hydrogen-bond donors (Lipinski definition) is 1. The molecule has 0 bridgehead atoms. The number of carbonyl (C=O) groups excluding carboxylic acids is 1. The number of carbonyl (C=O) groups is 1. The van der Waals surface area contributed by atoms with Crippen LogP contribution in [0.4, 0.5) is 13.2 Å². The van der Waals surface area contributed by atoms with E-state index in [1.807, 2.05) is 0 Å². The van der Waals surface area contributed by atoms with Gasteiger partial charge in [-0.2, -0.15) is 13.2 Å². The van der Waals surface area contributed by atoms with Crippen molar-refractivity contribution in [3.8, 4) is 0 Å². The molecule has 0 aliphatic carbocycles. The Morgan fingerprint density at radius 1 is 1.38 bits per heavy atom. The Morgan fingerprint density at radius 3 is 2.33 bits per heavy atom. The molecular weight excluding hydrogens is 313 g/mol. The van der Waals surface area contributed by atoms with Gasteiger partial charge in [-0.05, 0) is 6.92 Å². The number of esters is 1. The molecule has 1 fully saturated rings. The summed E-state index contributed by atoms with van der Waals surface area (Å²) in [6.45, 7) is 4.14. The number of rotatable bonds is 5. The first-order valence-corrected chi connectivity index (χ1v) is 7.62. The monoisotopic (exact) mass is 330 g/mol. The van der Waals surface area contributed by atoms with Crippen LogP contribution in [0.2, 0.25) is 0 Å². The summed E-state index contributed by atoms with van der Waals surface area (Å²) >= 11 is 0. The lowest BCUT2D eigenvalue weighted by atomic mass is 10.2. The smallest absolute Gasteiger partial charge is 0.459 e. The van der Waals surface area contributed by atoms with Gasteiger partial charge >= 0.3 is 11.5 Å². The summed E-state index contributed by atoms with van der Waals surface area (Å²) < 4.78 is 67.0. The summed E-state index contributed by atoms with van der Waals surface area (Å²) in [6, 6.07) is 0. The molecule has 6 nitrogen and oxygen atoms in total. The van der Waals surface area contributed by atoms with Crippen LogP contribution in [0.15, 0.2) is 12.7 Å². The molecule has 1 atom stereocenters. The molecule has 1 N–H and O–H groups in total. The number of piperazine rings is 1. The van der Waals surface area contributed by atoms with Crippen LogP contribution in [0.3, 0.4) is 0 Å². The largest absolute Gasteiger partial charge is 0.499 e. The summed E-state index contributed by atoms with van der Waals surface area (Å²) in [6.07, 6.45) is 1.15. The van der Waals surface area contributed by atoms with E-state index in [9.17, 15) is 26.4 Å². The fourth-order valence-electron chi connectivity index (χ4n) is 1.99. The van der Waals surface area contributed by atoms with Crippen LogP contribution >= 0.6 is 0 Å². The minimum atomic E-state index is -5.78. The quantitative estimate of drug-likeness (QED) is 0.576. The van der Waals surface area contributed by atoms with Gasteiger partial charge in [-0.3, -0.25) is 4.90 Å². The van der Waals surface area contributed by atoms with Crippen LogP contribution in [0.25, 0.3) is 0 Å². The molecule has 10 heteroatoms. The summed E-state index contributed by atoms with van der Waals surface area (Å²) in [4.78, 5) is 10.2. The summed E-state index contributed by atoms with van der Waals surface area (Å²) in [5, 5.41) is 2.87. The molecule has 0 aromatic rings. The zero-order chi connectivity index (χ0) is 16.3. The van der Waals surface area contributed by atoms with E-state index in [1.54, 1.807) is 0 Å². The second-order valence-corrected chi connectivity index (χ2v) is 6.82. The molecule has 0 aromatic heterocycles. The molecule has 0 amide bonds. The highest BCUT2D eigenvalue weighted by atomic mass is 32.2. The fourth-order valence-corrected chi connectivity index (χ4v) is 3.25. The molecule has 1 rings (SSSR count). The van der Waals surface area contributed by atoms with Gasteiger partial charge in [0.25, 0.3) is 9.84 Å². The summed E-state index contributed by atoms with van der Waals surface area (Å²) in [5.41, 5.74) is -5.56. The number of hydrogen-bond acceptors (Lipinski definition) is 6. The molecular formula is C11H17F3N2O4S. The Bertz CT molecular complexity index is 500. The van der Waals surface area contributed by atoms with Gasteiger partial charge in [-0.1, -0.05) is 12.7 Å². The average molecular weight is 330 g/mol. The highest BCUT2D eigenvalue weighted by Crippen LogP contribution is 2.37. The summed E-state index contributed by atoms with van der Waals surface area (Å²) in [7, 11) is -5.78. The highest BCUT2D eigenvalue weighted by molar-refractivity contribution is 7.94.